The lowest BCUT2D eigenvalue weighted by Crippen LogP contribution is -2.30. The highest BCUT2D eigenvalue weighted by Crippen LogP contribution is 2.31. The molecule has 2 aromatic carbocycles. The smallest absolute Gasteiger partial charge is 0.319 e. The maximum absolute atomic E-state index is 12.5. The molecular weight excluding hydrogens is 392 g/mol. The summed E-state index contributed by atoms with van der Waals surface area (Å²) < 4.78 is 0. The van der Waals surface area contributed by atoms with Crippen molar-refractivity contribution in [3.8, 4) is 0 Å². The van der Waals surface area contributed by atoms with Crippen LogP contribution in [-0.4, -0.2) is 30.4 Å². The van der Waals surface area contributed by atoms with E-state index in [1.54, 1.807) is 47.4 Å². The summed E-state index contributed by atoms with van der Waals surface area (Å²) in [6.45, 7) is 0.656. The molecule has 0 unspecified atom stereocenters. The molecule has 0 bridgehead atoms. The van der Waals surface area contributed by atoms with Crippen LogP contribution in [0.5, 0.6) is 0 Å². The lowest BCUT2D eigenvalue weighted by Gasteiger charge is -2.18. The third-order valence-electron chi connectivity index (χ3n) is 4.89. The molecule has 1 aliphatic carbocycles. The average Bonchev–Trinajstić information content (AvgIpc) is 3.40. The molecule has 1 heterocycles. The lowest BCUT2D eigenvalue weighted by molar-refractivity contribution is -0.117. The van der Waals surface area contributed by atoms with Crippen LogP contribution in [-0.2, 0) is 4.79 Å². The molecule has 8 heteroatoms. The van der Waals surface area contributed by atoms with Crippen molar-refractivity contribution >= 4 is 46.5 Å². The normalized spacial score (nSPS) is 15.9. The number of nitrogens with zero attached hydrogens (tertiary/aromatic N) is 1. The summed E-state index contributed by atoms with van der Waals surface area (Å²) in [5.74, 6) is -0.233. The summed E-state index contributed by atoms with van der Waals surface area (Å²) in [5, 5.41) is 8.79. The zero-order valence-corrected chi connectivity index (χ0v) is 16.5. The van der Waals surface area contributed by atoms with Gasteiger partial charge in [-0.2, -0.15) is 0 Å². The molecule has 29 heavy (non-hydrogen) atoms. The van der Waals surface area contributed by atoms with Gasteiger partial charge in [0, 0.05) is 35.9 Å². The number of hydrogen-bond acceptors (Lipinski definition) is 3. The molecule has 2 aliphatic rings. The van der Waals surface area contributed by atoms with E-state index < -0.39 is 0 Å². The van der Waals surface area contributed by atoms with Crippen LogP contribution in [0.3, 0.4) is 0 Å². The molecule has 150 valence electrons. The van der Waals surface area contributed by atoms with Crippen LogP contribution in [0.4, 0.5) is 21.9 Å². The van der Waals surface area contributed by atoms with Gasteiger partial charge in [0.05, 0.1) is 10.7 Å². The van der Waals surface area contributed by atoms with Gasteiger partial charge >= 0.3 is 6.03 Å². The van der Waals surface area contributed by atoms with Gasteiger partial charge in [-0.1, -0.05) is 11.6 Å². The van der Waals surface area contributed by atoms with Gasteiger partial charge in [-0.3, -0.25) is 9.59 Å². The highest BCUT2D eigenvalue weighted by atomic mass is 35.5. The van der Waals surface area contributed by atoms with Gasteiger partial charge < -0.3 is 20.9 Å². The standard InChI is InChI=1S/C21H21ClN4O3/c22-17-12-16(9-10-18(17)26-11-1-2-19(26)27)23-20(28)13-3-5-14(6-4-13)24-21(29)25-15-7-8-15/h3-6,9-10,12,15H,1-2,7-8,11H2,(H,23,28)(H2,24,25,29). The molecule has 4 rings (SSSR count). The number of benzene rings is 2. The van der Waals surface area contributed by atoms with E-state index in [1.807, 2.05) is 0 Å². The Balaban J connectivity index is 1.37. The number of rotatable bonds is 5. The maximum atomic E-state index is 12.5. The number of anilines is 3. The van der Waals surface area contributed by atoms with Crippen LogP contribution in [0.25, 0.3) is 0 Å². The second kappa shape index (κ2) is 8.13. The Morgan fingerprint density at radius 2 is 1.72 bits per heavy atom. The van der Waals surface area contributed by atoms with E-state index in [0.717, 1.165) is 19.3 Å². The van der Waals surface area contributed by atoms with E-state index in [0.29, 0.717) is 40.6 Å². The fraction of sp³-hybridized carbons (Fsp3) is 0.286. The Morgan fingerprint density at radius 3 is 2.34 bits per heavy atom. The van der Waals surface area contributed by atoms with Crippen molar-refractivity contribution in [2.45, 2.75) is 31.7 Å². The van der Waals surface area contributed by atoms with Crippen molar-refractivity contribution in [3.63, 3.8) is 0 Å². The van der Waals surface area contributed by atoms with Crippen molar-refractivity contribution in [2.24, 2.45) is 0 Å². The van der Waals surface area contributed by atoms with Crippen LogP contribution in [0.15, 0.2) is 42.5 Å². The van der Waals surface area contributed by atoms with Gasteiger partial charge in [0.15, 0.2) is 0 Å². The van der Waals surface area contributed by atoms with E-state index in [2.05, 4.69) is 16.0 Å². The third-order valence-corrected chi connectivity index (χ3v) is 5.19. The van der Waals surface area contributed by atoms with E-state index in [-0.39, 0.29) is 23.9 Å². The van der Waals surface area contributed by atoms with Crippen LogP contribution in [0.2, 0.25) is 5.02 Å². The van der Waals surface area contributed by atoms with Crippen molar-refractivity contribution < 1.29 is 14.4 Å². The van der Waals surface area contributed by atoms with Gasteiger partial charge in [0.1, 0.15) is 0 Å². The van der Waals surface area contributed by atoms with Crippen molar-refractivity contribution in [3.05, 3.63) is 53.1 Å². The van der Waals surface area contributed by atoms with Gasteiger partial charge in [0.25, 0.3) is 5.91 Å². The summed E-state index contributed by atoms with van der Waals surface area (Å²) in [6.07, 6.45) is 3.39. The first-order valence-corrected chi connectivity index (χ1v) is 9.96. The summed E-state index contributed by atoms with van der Waals surface area (Å²) in [4.78, 5) is 37.8. The molecular formula is C21H21ClN4O3. The SMILES string of the molecule is O=C(Nc1ccc(C(=O)Nc2ccc(N3CCCC3=O)c(Cl)c2)cc1)NC1CC1. The predicted molar refractivity (Wildman–Crippen MR) is 113 cm³/mol. The first-order chi connectivity index (χ1) is 14.0. The lowest BCUT2D eigenvalue weighted by atomic mass is 10.2. The fourth-order valence-electron chi connectivity index (χ4n) is 3.19. The topological polar surface area (TPSA) is 90.5 Å². The summed E-state index contributed by atoms with van der Waals surface area (Å²) in [5.41, 5.74) is 2.27. The molecule has 4 amide bonds. The monoisotopic (exact) mass is 412 g/mol. The second-order valence-electron chi connectivity index (χ2n) is 7.22. The fourth-order valence-corrected chi connectivity index (χ4v) is 3.48. The number of hydrogen-bond donors (Lipinski definition) is 3. The third kappa shape index (κ3) is 4.68. The molecule has 1 saturated carbocycles. The Morgan fingerprint density at radius 1 is 1.00 bits per heavy atom. The van der Waals surface area contributed by atoms with E-state index in [1.165, 1.54) is 0 Å². The number of carbonyl (C=O) groups is 3. The minimum atomic E-state index is -0.292. The van der Waals surface area contributed by atoms with Crippen molar-refractivity contribution in [1.82, 2.24) is 5.32 Å². The minimum absolute atomic E-state index is 0.0585. The second-order valence-corrected chi connectivity index (χ2v) is 7.63. The average molecular weight is 413 g/mol. The molecule has 3 N–H and O–H groups in total. The molecule has 2 aromatic rings. The molecule has 0 spiro atoms. The number of halogens is 1. The highest BCUT2D eigenvalue weighted by molar-refractivity contribution is 6.34. The van der Waals surface area contributed by atoms with Crippen LogP contribution in [0.1, 0.15) is 36.0 Å². The Hall–Kier alpha value is -3.06. The van der Waals surface area contributed by atoms with Crippen molar-refractivity contribution in [1.29, 1.82) is 0 Å². The molecule has 0 atom stereocenters. The Bertz CT molecular complexity index is 957. The maximum Gasteiger partial charge on any atom is 0.319 e. The Kier molecular flexibility index (Phi) is 5.40. The van der Waals surface area contributed by atoms with Crippen molar-refractivity contribution in [2.75, 3.05) is 22.1 Å². The summed E-state index contributed by atoms with van der Waals surface area (Å²) in [6, 6.07) is 11.8. The summed E-state index contributed by atoms with van der Waals surface area (Å²) >= 11 is 6.32. The first-order valence-electron chi connectivity index (χ1n) is 9.58. The molecule has 2 fully saturated rings. The zero-order chi connectivity index (χ0) is 20.4. The van der Waals surface area contributed by atoms with E-state index >= 15 is 0 Å². The predicted octanol–water partition coefficient (Wildman–Crippen LogP) is 4.00. The van der Waals surface area contributed by atoms with Crippen LogP contribution >= 0.6 is 11.6 Å². The Labute approximate surface area is 173 Å². The molecule has 1 saturated heterocycles. The quantitative estimate of drug-likeness (QED) is 0.693. The number of urea groups is 1. The van der Waals surface area contributed by atoms with Gasteiger partial charge in [-0.15, -0.1) is 0 Å². The van der Waals surface area contributed by atoms with E-state index in [9.17, 15) is 14.4 Å². The molecule has 0 aromatic heterocycles. The first kappa shape index (κ1) is 19.3. The molecule has 7 nitrogen and oxygen atoms in total. The molecule has 1 aliphatic heterocycles. The van der Waals surface area contributed by atoms with Crippen LogP contribution < -0.4 is 20.9 Å². The minimum Gasteiger partial charge on any atom is -0.335 e. The number of nitrogens with one attached hydrogen (secondary N) is 3. The number of carbonyl (C=O) groups excluding carboxylic acids is 3. The zero-order valence-electron chi connectivity index (χ0n) is 15.7. The van der Waals surface area contributed by atoms with Gasteiger partial charge in [-0.05, 0) is 61.7 Å². The largest absolute Gasteiger partial charge is 0.335 e. The highest BCUT2D eigenvalue weighted by Gasteiger charge is 2.24. The van der Waals surface area contributed by atoms with E-state index in [4.69, 9.17) is 11.6 Å². The molecule has 0 radical (unpaired) electrons. The van der Waals surface area contributed by atoms with Gasteiger partial charge in [0.2, 0.25) is 5.91 Å². The van der Waals surface area contributed by atoms with Crippen LogP contribution in [0, 0.1) is 0 Å². The summed E-state index contributed by atoms with van der Waals surface area (Å²) in [7, 11) is 0. The van der Waals surface area contributed by atoms with Gasteiger partial charge in [-0.25, -0.2) is 4.79 Å². The number of amides is 4.